The van der Waals surface area contributed by atoms with Crippen molar-refractivity contribution >= 4 is 10.2 Å². The van der Waals surface area contributed by atoms with E-state index in [2.05, 4.69) is 5.32 Å². The van der Waals surface area contributed by atoms with Crippen molar-refractivity contribution in [3.05, 3.63) is 0 Å². The molecule has 0 saturated carbocycles. The van der Waals surface area contributed by atoms with E-state index < -0.39 is 10.2 Å². The van der Waals surface area contributed by atoms with E-state index in [-0.39, 0.29) is 6.04 Å². The molecule has 1 N–H and O–H groups in total. The zero-order chi connectivity index (χ0) is 9.47. The first kappa shape index (κ1) is 9.39. The molecule has 2 rings (SSSR count). The molecule has 76 valence electrons. The number of rotatable bonds is 1. The minimum absolute atomic E-state index is 0.176. The third-order valence-electron chi connectivity index (χ3n) is 2.77. The minimum atomic E-state index is -3.12. The molecule has 0 unspecified atom stereocenters. The van der Waals surface area contributed by atoms with Gasteiger partial charge in [0, 0.05) is 32.7 Å². The average Bonchev–Trinajstić information content (AvgIpc) is 2.62. The molecule has 2 saturated heterocycles. The smallest absolute Gasteiger partial charge is 0.282 e. The maximum absolute atomic E-state index is 11.7. The predicted octanol–water partition coefficient (Wildman–Crippen LogP) is -1.16. The van der Waals surface area contributed by atoms with Crippen LogP contribution in [0, 0.1) is 0 Å². The van der Waals surface area contributed by atoms with Crippen LogP contribution in [0.1, 0.15) is 6.42 Å². The van der Waals surface area contributed by atoms with Gasteiger partial charge in [-0.15, -0.1) is 0 Å². The van der Waals surface area contributed by atoms with Crippen molar-refractivity contribution in [1.29, 1.82) is 0 Å². The van der Waals surface area contributed by atoms with Crippen molar-refractivity contribution in [2.45, 2.75) is 12.5 Å². The highest BCUT2D eigenvalue weighted by molar-refractivity contribution is 7.87. The Morgan fingerprint density at radius 1 is 1.38 bits per heavy atom. The lowest BCUT2D eigenvalue weighted by atomic mass is 10.2. The Morgan fingerprint density at radius 2 is 2.15 bits per heavy atom. The van der Waals surface area contributed by atoms with Crippen LogP contribution < -0.4 is 5.32 Å². The van der Waals surface area contributed by atoms with Crippen molar-refractivity contribution in [3.8, 4) is 0 Å². The predicted molar refractivity (Wildman–Crippen MR) is 49.5 cm³/mol. The van der Waals surface area contributed by atoms with Gasteiger partial charge in [0.25, 0.3) is 10.2 Å². The molecule has 5 nitrogen and oxygen atoms in total. The normalized spacial score (nSPS) is 35.6. The lowest BCUT2D eigenvalue weighted by molar-refractivity contribution is 0.365. The number of hydrogen-bond donors (Lipinski definition) is 1. The summed E-state index contributed by atoms with van der Waals surface area (Å²) in [6, 6.07) is 0.176. The Hall–Kier alpha value is -0.170. The Morgan fingerprint density at radius 3 is 2.62 bits per heavy atom. The fraction of sp³-hybridized carbons (Fsp3) is 1.00. The van der Waals surface area contributed by atoms with Crippen LogP contribution in [0.15, 0.2) is 0 Å². The van der Waals surface area contributed by atoms with Crippen LogP contribution in [-0.4, -0.2) is 56.3 Å². The summed E-state index contributed by atoms with van der Waals surface area (Å²) in [5.41, 5.74) is 0. The summed E-state index contributed by atoms with van der Waals surface area (Å²) in [7, 11) is -1.49. The van der Waals surface area contributed by atoms with Gasteiger partial charge >= 0.3 is 0 Å². The van der Waals surface area contributed by atoms with Gasteiger partial charge in [0.1, 0.15) is 0 Å². The molecule has 2 fully saturated rings. The molecule has 0 aliphatic carbocycles. The molecule has 0 amide bonds. The Balaban J connectivity index is 2.16. The van der Waals surface area contributed by atoms with E-state index in [1.54, 1.807) is 11.4 Å². The van der Waals surface area contributed by atoms with E-state index in [1.165, 1.54) is 4.31 Å². The van der Waals surface area contributed by atoms with Crippen LogP contribution in [0.2, 0.25) is 0 Å². The summed E-state index contributed by atoms with van der Waals surface area (Å²) in [4.78, 5) is 0. The van der Waals surface area contributed by atoms with Gasteiger partial charge in [-0.25, -0.2) is 0 Å². The topological polar surface area (TPSA) is 52.6 Å². The van der Waals surface area contributed by atoms with Crippen LogP contribution >= 0.6 is 0 Å². The van der Waals surface area contributed by atoms with Crippen LogP contribution in [0.25, 0.3) is 0 Å². The van der Waals surface area contributed by atoms with Gasteiger partial charge in [-0.1, -0.05) is 0 Å². The van der Waals surface area contributed by atoms with Gasteiger partial charge < -0.3 is 5.32 Å². The third kappa shape index (κ3) is 1.48. The van der Waals surface area contributed by atoms with Gasteiger partial charge in [0.15, 0.2) is 0 Å². The fourth-order valence-electron chi connectivity index (χ4n) is 1.91. The second-order valence-corrected chi connectivity index (χ2v) is 5.57. The van der Waals surface area contributed by atoms with E-state index in [9.17, 15) is 8.42 Å². The van der Waals surface area contributed by atoms with Crippen LogP contribution in [-0.2, 0) is 10.2 Å². The first-order valence-electron chi connectivity index (χ1n) is 4.56. The molecule has 2 aliphatic rings. The molecular formula is C7H15N3O2S. The summed E-state index contributed by atoms with van der Waals surface area (Å²) < 4.78 is 26.4. The van der Waals surface area contributed by atoms with Crippen molar-refractivity contribution in [2.75, 3.05) is 33.2 Å². The quantitative estimate of drug-likeness (QED) is 0.587. The monoisotopic (exact) mass is 205 g/mol. The molecule has 0 bridgehead atoms. The Labute approximate surface area is 78.9 Å². The number of nitrogens with zero attached hydrogens (tertiary/aromatic N) is 2. The molecule has 2 heterocycles. The zero-order valence-corrected chi connectivity index (χ0v) is 8.55. The molecule has 1 atom stereocenters. The minimum Gasteiger partial charge on any atom is -0.315 e. The van der Waals surface area contributed by atoms with Gasteiger partial charge in [0.05, 0.1) is 0 Å². The van der Waals surface area contributed by atoms with Gasteiger partial charge in [-0.3, -0.25) is 0 Å². The highest BCUT2D eigenvalue weighted by Gasteiger charge is 2.39. The summed E-state index contributed by atoms with van der Waals surface area (Å²) in [6.07, 6.45) is 0.938. The molecule has 13 heavy (non-hydrogen) atoms. The number of likely N-dealkylation sites (N-methyl/N-ethyl adjacent to an activating group) is 1. The van der Waals surface area contributed by atoms with E-state index in [1.807, 2.05) is 0 Å². The number of nitrogens with one attached hydrogen (secondary N) is 1. The highest BCUT2D eigenvalue weighted by atomic mass is 32.2. The molecule has 6 heteroatoms. The lowest BCUT2D eigenvalue weighted by Crippen LogP contribution is -2.40. The molecule has 0 aromatic carbocycles. The fourth-order valence-corrected chi connectivity index (χ4v) is 3.44. The first-order valence-corrected chi connectivity index (χ1v) is 5.96. The average molecular weight is 205 g/mol. The summed E-state index contributed by atoms with van der Waals surface area (Å²) in [5.74, 6) is 0. The van der Waals surface area contributed by atoms with Gasteiger partial charge in [-0.2, -0.15) is 17.0 Å². The molecule has 0 aromatic heterocycles. The van der Waals surface area contributed by atoms with Gasteiger partial charge in [0.2, 0.25) is 0 Å². The molecule has 0 radical (unpaired) electrons. The number of hydrogen-bond acceptors (Lipinski definition) is 3. The maximum Gasteiger partial charge on any atom is 0.282 e. The van der Waals surface area contributed by atoms with Crippen molar-refractivity contribution < 1.29 is 8.42 Å². The molecule has 0 aromatic rings. The second-order valence-electron chi connectivity index (χ2n) is 3.59. The lowest BCUT2D eigenvalue weighted by Gasteiger charge is -2.21. The molecule has 0 spiro atoms. The van der Waals surface area contributed by atoms with Gasteiger partial charge in [-0.05, 0) is 13.0 Å². The molecular weight excluding hydrogens is 190 g/mol. The third-order valence-corrected chi connectivity index (χ3v) is 4.81. The largest absolute Gasteiger partial charge is 0.315 e. The second kappa shape index (κ2) is 3.20. The van der Waals surface area contributed by atoms with Crippen molar-refractivity contribution in [3.63, 3.8) is 0 Å². The van der Waals surface area contributed by atoms with E-state index in [0.29, 0.717) is 13.1 Å². The Bertz CT molecular complexity index is 284. The van der Waals surface area contributed by atoms with Crippen molar-refractivity contribution in [2.24, 2.45) is 0 Å². The van der Waals surface area contributed by atoms with E-state index in [4.69, 9.17) is 0 Å². The van der Waals surface area contributed by atoms with E-state index in [0.717, 1.165) is 19.5 Å². The Kier molecular flexibility index (Phi) is 2.31. The summed E-state index contributed by atoms with van der Waals surface area (Å²) >= 11 is 0. The highest BCUT2D eigenvalue weighted by Crippen LogP contribution is 2.20. The molecule has 2 aliphatic heterocycles. The summed E-state index contributed by atoms with van der Waals surface area (Å²) in [6.45, 7) is 3.00. The van der Waals surface area contributed by atoms with E-state index >= 15 is 0 Å². The SMILES string of the molecule is CN1CCN([C@H]2CCNC2)S1(=O)=O. The maximum atomic E-state index is 11.7. The van der Waals surface area contributed by atoms with Crippen LogP contribution in [0.4, 0.5) is 0 Å². The first-order chi connectivity index (χ1) is 6.12. The zero-order valence-electron chi connectivity index (χ0n) is 7.73. The van der Waals surface area contributed by atoms with Crippen molar-refractivity contribution in [1.82, 2.24) is 13.9 Å². The van der Waals surface area contributed by atoms with Crippen LogP contribution in [0.3, 0.4) is 0 Å². The summed E-state index contributed by atoms with van der Waals surface area (Å²) in [5, 5.41) is 3.18. The standard InChI is InChI=1S/C7H15N3O2S/c1-9-4-5-10(13(9,11)12)7-2-3-8-6-7/h7-8H,2-6H2,1H3/t7-/m0/s1. The van der Waals surface area contributed by atoms with Crippen LogP contribution in [0.5, 0.6) is 0 Å².